The van der Waals surface area contributed by atoms with Gasteiger partial charge in [0.25, 0.3) is 0 Å². The molecule has 0 saturated heterocycles. The molecule has 0 spiro atoms. The van der Waals surface area contributed by atoms with E-state index in [1.807, 2.05) is 31.2 Å². The van der Waals surface area contributed by atoms with Crippen molar-refractivity contribution in [1.29, 1.82) is 0 Å². The van der Waals surface area contributed by atoms with Gasteiger partial charge in [-0.05, 0) is 43.7 Å². The van der Waals surface area contributed by atoms with Crippen LogP contribution < -0.4 is 0 Å². The Morgan fingerprint density at radius 2 is 1.85 bits per heavy atom. The van der Waals surface area contributed by atoms with Gasteiger partial charge in [0.05, 0.1) is 22.2 Å². The lowest BCUT2D eigenvalue weighted by Crippen LogP contribution is -2.28. The number of hydrogen-bond donors (Lipinski definition) is 1. The van der Waals surface area contributed by atoms with E-state index < -0.39 is 16.4 Å². The maximum absolute atomic E-state index is 12.3. The van der Waals surface area contributed by atoms with E-state index in [9.17, 15) is 9.32 Å². The third-order valence-electron chi connectivity index (χ3n) is 3.14. The maximum Gasteiger partial charge on any atom is 0.0987 e. The first-order valence-electron chi connectivity index (χ1n) is 6.32. The van der Waals surface area contributed by atoms with Crippen LogP contribution in [0.5, 0.6) is 0 Å². The van der Waals surface area contributed by atoms with Crippen molar-refractivity contribution in [3.63, 3.8) is 0 Å². The zero-order valence-corrected chi connectivity index (χ0v) is 13.0. The molecule has 0 aliphatic rings. The van der Waals surface area contributed by atoms with Crippen molar-refractivity contribution in [3.05, 3.63) is 64.7 Å². The topological polar surface area (TPSA) is 37.3 Å². The molecule has 0 radical (unpaired) electrons. The minimum absolute atomic E-state index is 0.135. The molecule has 0 bridgehead atoms. The molecule has 1 unspecified atom stereocenters. The van der Waals surface area contributed by atoms with Gasteiger partial charge in [-0.2, -0.15) is 0 Å². The fourth-order valence-electron chi connectivity index (χ4n) is 1.94. The van der Waals surface area contributed by atoms with Gasteiger partial charge >= 0.3 is 0 Å². The third-order valence-corrected chi connectivity index (χ3v) is 5.00. The summed E-state index contributed by atoms with van der Waals surface area (Å²) in [5.41, 5.74) is 0.610. The molecule has 0 amide bonds. The van der Waals surface area contributed by atoms with Crippen LogP contribution in [0, 0.1) is 6.92 Å². The summed E-state index contributed by atoms with van der Waals surface area (Å²) in [5.74, 6) is 0.135. The van der Waals surface area contributed by atoms with Crippen molar-refractivity contribution in [3.8, 4) is 0 Å². The fourth-order valence-corrected chi connectivity index (χ4v) is 3.41. The lowest BCUT2D eigenvalue weighted by atomic mass is 9.98. The standard InChI is InChI=1S/C16H17ClO2S/c1-12-6-8-15(9-7-12)20(19)11-16(2,18)13-4-3-5-14(17)10-13/h3-10,18H,11H2,1-2H3/t16-,20?/m1/s1. The van der Waals surface area contributed by atoms with Crippen LogP contribution in [0.4, 0.5) is 0 Å². The highest BCUT2D eigenvalue weighted by Crippen LogP contribution is 2.26. The van der Waals surface area contributed by atoms with E-state index in [-0.39, 0.29) is 5.75 Å². The van der Waals surface area contributed by atoms with E-state index in [4.69, 9.17) is 11.6 Å². The molecule has 0 aliphatic heterocycles. The summed E-state index contributed by atoms with van der Waals surface area (Å²) in [6, 6.07) is 14.5. The summed E-state index contributed by atoms with van der Waals surface area (Å²) in [6.07, 6.45) is 0. The molecule has 0 aliphatic carbocycles. The summed E-state index contributed by atoms with van der Waals surface area (Å²) in [5, 5.41) is 11.1. The number of rotatable bonds is 4. The monoisotopic (exact) mass is 308 g/mol. The molecule has 0 saturated carbocycles. The molecule has 2 rings (SSSR count). The normalized spacial score (nSPS) is 15.6. The van der Waals surface area contributed by atoms with Gasteiger partial charge in [-0.3, -0.25) is 4.21 Å². The maximum atomic E-state index is 12.3. The predicted molar refractivity (Wildman–Crippen MR) is 83.5 cm³/mol. The second kappa shape index (κ2) is 6.08. The van der Waals surface area contributed by atoms with Gasteiger partial charge in [0.1, 0.15) is 0 Å². The van der Waals surface area contributed by atoms with Crippen LogP contribution in [0.15, 0.2) is 53.4 Å². The molecular formula is C16H17ClO2S. The quantitative estimate of drug-likeness (QED) is 0.936. The molecule has 2 nitrogen and oxygen atoms in total. The van der Waals surface area contributed by atoms with E-state index in [1.54, 1.807) is 31.2 Å². The number of aryl methyl sites for hydroxylation is 1. The first-order chi connectivity index (χ1) is 9.38. The Morgan fingerprint density at radius 1 is 1.20 bits per heavy atom. The smallest absolute Gasteiger partial charge is 0.0987 e. The second-order valence-electron chi connectivity index (χ2n) is 5.09. The SMILES string of the molecule is Cc1ccc(S(=O)C[C@@](C)(O)c2cccc(Cl)c2)cc1. The Morgan fingerprint density at radius 3 is 2.45 bits per heavy atom. The number of hydrogen-bond acceptors (Lipinski definition) is 2. The molecule has 2 atom stereocenters. The van der Waals surface area contributed by atoms with Gasteiger partial charge in [0.2, 0.25) is 0 Å². The van der Waals surface area contributed by atoms with E-state index >= 15 is 0 Å². The molecule has 0 heterocycles. The average molecular weight is 309 g/mol. The van der Waals surface area contributed by atoms with Gasteiger partial charge in [0, 0.05) is 9.92 Å². The lowest BCUT2D eigenvalue weighted by Gasteiger charge is -2.23. The Kier molecular flexibility index (Phi) is 4.63. The molecule has 20 heavy (non-hydrogen) atoms. The highest BCUT2D eigenvalue weighted by molar-refractivity contribution is 7.85. The van der Waals surface area contributed by atoms with Crippen LogP contribution in [0.1, 0.15) is 18.1 Å². The van der Waals surface area contributed by atoms with E-state index in [1.165, 1.54) is 0 Å². The van der Waals surface area contributed by atoms with Crippen molar-refractivity contribution in [2.45, 2.75) is 24.3 Å². The molecule has 0 aromatic heterocycles. The van der Waals surface area contributed by atoms with Gasteiger partial charge in [0.15, 0.2) is 0 Å². The zero-order valence-electron chi connectivity index (χ0n) is 11.5. The molecule has 2 aromatic carbocycles. The van der Waals surface area contributed by atoms with Crippen molar-refractivity contribution in [2.75, 3.05) is 5.75 Å². The second-order valence-corrected chi connectivity index (χ2v) is 6.97. The van der Waals surface area contributed by atoms with E-state index in [0.29, 0.717) is 10.6 Å². The summed E-state index contributed by atoms with van der Waals surface area (Å²) >= 11 is 5.93. The molecule has 4 heteroatoms. The Hall–Kier alpha value is -1.16. The van der Waals surface area contributed by atoms with Gasteiger partial charge < -0.3 is 5.11 Å². The van der Waals surface area contributed by atoms with Crippen LogP contribution in [0.25, 0.3) is 0 Å². The van der Waals surface area contributed by atoms with Gasteiger partial charge in [-0.25, -0.2) is 0 Å². The first-order valence-corrected chi connectivity index (χ1v) is 8.02. The van der Waals surface area contributed by atoms with Crippen molar-refractivity contribution < 1.29 is 9.32 Å². The van der Waals surface area contributed by atoms with E-state index in [0.717, 1.165) is 10.5 Å². The summed E-state index contributed by atoms with van der Waals surface area (Å²) in [7, 11) is -1.26. The Bertz CT molecular complexity index is 621. The molecule has 2 aromatic rings. The van der Waals surface area contributed by atoms with Crippen molar-refractivity contribution >= 4 is 22.4 Å². The molecule has 0 fully saturated rings. The summed E-state index contributed by atoms with van der Waals surface area (Å²) in [4.78, 5) is 0.720. The minimum atomic E-state index is -1.26. The third kappa shape index (κ3) is 3.69. The Balaban J connectivity index is 2.19. The fraction of sp³-hybridized carbons (Fsp3) is 0.250. The van der Waals surface area contributed by atoms with Crippen LogP contribution >= 0.6 is 11.6 Å². The van der Waals surface area contributed by atoms with Crippen LogP contribution in [-0.4, -0.2) is 15.1 Å². The minimum Gasteiger partial charge on any atom is -0.384 e. The highest BCUT2D eigenvalue weighted by atomic mass is 35.5. The highest BCUT2D eigenvalue weighted by Gasteiger charge is 2.26. The van der Waals surface area contributed by atoms with Crippen molar-refractivity contribution in [2.24, 2.45) is 0 Å². The number of benzene rings is 2. The largest absolute Gasteiger partial charge is 0.384 e. The van der Waals surface area contributed by atoms with Crippen LogP contribution in [0.2, 0.25) is 5.02 Å². The first kappa shape index (κ1) is 15.2. The van der Waals surface area contributed by atoms with Gasteiger partial charge in [-0.15, -0.1) is 0 Å². The molecule has 106 valence electrons. The molecular weight excluding hydrogens is 292 g/mol. The molecule has 1 N–H and O–H groups in total. The summed E-state index contributed by atoms with van der Waals surface area (Å²) in [6.45, 7) is 3.64. The predicted octanol–water partition coefficient (Wildman–Crippen LogP) is 3.66. The van der Waals surface area contributed by atoms with Crippen LogP contribution in [-0.2, 0) is 16.4 Å². The lowest BCUT2D eigenvalue weighted by molar-refractivity contribution is 0.0829. The van der Waals surface area contributed by atoms with Crippen molar-refractivity contribution in [1.82, 2.24) is 0 Å². The number of halogens is 1. The van der Waals surface area contributed by atoms with E-state index in [2.05, 4.69) is 0 Å². The Labute approximate surface area is 126 Å². The van der Waals surface area contributed by atoms with Gasteiger partial charge in [-0.1, -0.05) is 41.4 Å². The average Bonchev–Trinajstić information content (AvgIpc) is 2.39. The summed E-state index contributed by atoms with van der Waals surface area (Å²) < 4.78 is 12.3. The van der Waals surface area contributed by atoms with Crippen LogP contribution in [0.3, 0.4) is 0 Å². The number of aliphatic hydroxyl groups is 1. The zero-order chi connectivity index (χ0) is 14.8.